The highest BCUT2D eigenvalue weighted by Crippen LogP contribution is 2.15. The minimum atomic E-state index is -0.655. The fraction of sp³-hybridized carbons (Fsp3) is 0.0667. The molecule has 2 rings (SSSR count). The lowest BCUT2D eigenvalue weighted by Gasteiger charge is -2.03. The number of carbonyl (C=O) groups is 2. The molecule has 1 aromatic rings. The number of rotatable bonds is 5. The van der Waals surface area contributed by atoms with Crippen molar-refractivity contribution in [2.45, 2.75) is 6.54 Å². The Morgan fingerprint density at radius 1 is 1.19 bits per heavy atom. The van der Waals surface area contributed by atoms with Crippen LogP contribution in [0.2, 0.25) is 0 Å². The number of quaternary nitrogens is 1. The zero-order valence-corrected chi connectivity index (χ0v) is 11.1. The maximum atomic E-state index is 11.7. The molecule has 0 saturated heterocycles. The molecule has 0 bridgehead atoms. The minimum absolute atomic E-state index is 0.184. The van der Waals surface area contributed by atoms with E-state index in [1.807, 2.05) is 30.3 Å². The van der Waals surface area contributed by atoms with Crippen LogP contribution in [0.5, 0.6) is 0 Å². The molecule has 0 radical (unpaired) electrons. The molecule has 0 fully saturated rings. The van der Waals surface area contributed by atoms with Crippen molar-refractivity contribution in [2.24, 2.45) is 0 Å². The lowest BCUT2D eigenvalue weighted by molar-refractivity contribution is -0.612. The van der Waals surface area contributed by atoms with Crippen molar-refractivity contribution in [3.8, 4) is 0 Å². The van der Waals surface area contributed by atoms with Crippen molar-refractivity contribution >= 4 is 11.6 Å². The number of allylic oxidation sites excluding steroid dienone is 4. The van der Waals surface area contributed by atoms with Crippen LogP contribution in [0.4, 0.5) is 0 Å². The molecule has 0 unspecified atom stereocenters. The van der Waals surface area contributed by atoms with Gasteiger partial charge in [-0.25, -0.2) is 0 Å². The van der Waals surface area contributed by atoms with E-state index in [4.69, 9.17) is 0 Å². The lowest BCUT2D eigenvalue weighted by Crippen LogP contribution is -2.76. The Kier molecular flexibility index (Phi) is 4.53. The summed E-state index contributed by atoms with van der Waals surface area (Å²) in [4.78, 5) is 33.3. The van der Waals surface area contributed by atoms with Crippen LogP contribution in [0.3, 0.4) is 0 Å². The van der Waals surface area contributed by atoms with Gasteiger partial charge in [0.05, 0.1) is 4.92 Å². The number of nitrogens with two attached hydrogens (primary N) is 1. The number of ketones is 2. The van der Waals surface area contributed by atoms with Gasteiger partial charge in [0.2, 0.25) is 0 Å². The van der Waals surface area contributed by atoms with Gasteiger partial charge in [-0.1, -0.05) is 30.3 Å². The normalized spacial score (nSPS) is 15.0. The summed E-state index contributed by atoms with van der Waals surface area (Å²) in [6, 6.07) is 9.42. The van der Waals surface area contributed by atoms with Crippen LogP contribution in [0.25, 0.3) is 0 Å². The lowest BCUT2D eigenvalue weighted by atomic mass is 10.0. The van der Waals surface area contributed by atoms with Gasteiger partial charge < -0.3 is 5.32 Å². The van der Waals surface area contributed by atoms with Gasteiger partial charge >= 0.3 is 5.70 Å². The van der Waals surface area contributed by atoms with E-state index in [0.717, 1.165) is 23.8 Å². The van der Waals surface area contributed by atoms with Crippen LogP contribution in [-0.4, -0.2) is 16.5 Å². The summed E-state index contributed by atoms with van der Waals surface area (Å²) in [7, 11) is 0. The highest BCUT2D eigenvalue weighted by Gasteiger charge is 2.27. The van der Waals surface area contributed by atoms with E-state index in [2.05, 4.69) is 0 Å². The molecule has 6 nitrogen and oxygen atoms in total. The summed E-state index contributed by atoms with van der Waals surface area (Å²) in [5.74, 6) is -0.967. The van der Waals surface area contributed by atoms with Gasteiger partial charge in [0.1, 0.15) is 12.1 Å². The van der Waals surface area contributed by atoms with Crippen molar-refractivity contribution in [1.29, 1.82) is 0 Å². The van der Waals surface area contributed by atoms with E-state index >= 15 is 0 Å². The summed E-state index contributed by atoms with van der Waals surface area (Å²) in [5.41, 5.74) is 0.446. The fourth-order valence-electron chi connectivity index (χ4n) is 1.88. The monoisotopic (exact) mass is 285 g/mol. The number of carbonyl (C=O) groups excluding carboxylic acids is 2. The molecule has 1 aliphatic rings. The van der Waals surface area contributed by atoms with Crippen molar-refractivity contribution in [3.05, 3.63) is 81.7 Å². The number of nitrogens with zero attached hydrogens (tertiary/aromatic N) is 1. The molecule has 1 aliphatic carbocycles. The first-order chi connectivity index (χ1) is 10.1. The first-order valence-electron chi connectivity index (χ1n) is 6.28. The van der Waals surface area contributed by atoms with Gasteiger partial charge in [0.25, 0.3) is 0 Å². The Morgan fingerprint density at radius 3 is 2.57 bits per heavy atom. The molecule has 2 N–H and O–H groups in total. The number of nitro groups is 1. The third kappa shape index (κ3) is 3.80. The first-order valence-corrected chi connectivity index (χ1v) is 6.28. The molecule has 1 aromatic carbocycles. The Hall–Kier alpha value is -2.86. The van der Waals surface area contributed by atoms with Gasteiger partial charge in [0, 0.05) is 11.6 Å². The van der Waals surface area contributed by atoms with E-state index < -0.39 is 16.5 Å². The second-order valence-corrected chi connectivity index (χ2v) is 4.39. The molecule has 0 spiro atoms. The Morgan fingerprint density at radius 2 is 1.90 bits per heavy atom. The Labute approximate surface area is 120 Å². The summed E-state index contributed by atoms with van der Waals surface area (Å²) in [5, 5.41) is 12.7. The number of hydrogen-bond acceptors (Lipinski definition) is 4. The average Bonchev–Trinajstić information content (AvgIpc) is 2.47. The predicted molar refractivity (Wildman–Crippen MR) is 74.4 cm³/mol. The van der Waals surface area contributed by atoms with E-state index in [1.54, 1.807) is 5.32 Å². The number of hydrogen-bond donors (Lipinski definition) is 1. The van der Waals surface area contributed by atoms with E-state index in [0.29, 0.717) is 6.54 Å². The third-order valence-electron chi connectivity index (χ3n) is 2.90. The predicted octanol–water partition coefficient (Wildman–Crippen LogP) is 0.502. The zero-order chi connectivity index (χ0) is 15.2. The van der Waals surface area contributed by atoms with Gasteiger partial charge in [-0.05, 0) is 12.2 Å². The fourth-order valence-corrected chi connectivity index (χ4v) is 1.88. The van der Waals surface area contributed by atoms with Crippen LogP contribution in [0.15, 0.2) is 66.0 Å². The molecular formula is C15H13N2O4+. The Balaban J connectivity index is 2.16. The van der Waals surface area contributed by atoms with Crippen LogP contribution in [-0.2, 0) is 16.1 Å². The second-order valence-electron chi connectivity index (χ2n) is 4.39. The maximum absolute atomic E-state index is 11.7. The highest BCUT2D eigenvalue weighted by atomic mass is 16.6. The molecule has 0 aliphatic heterocycles. The van der Waals surface area contributed by atoms with Crippen LogP contribution in [0.1, 0.15) is 5.56 Å². The summed E-state index contributed by atoms with van der Waals surface area (Å²) in [6.45, 7) is 0.503. The Bertz CT molecular complexity index is 672. The molecule has 0 aromatic heterocycles. The molecule has 6 heteroatoms. The topological polar surface area (TPSA) is 93.9 Å². The minimum Gasteiger partial charge on any atom is -0.310 e. The average molecular weight is 285 g/mol. The summed E-state index contributed by atoms with van der Waals surface area (Å²) < 4.78 is 0. The SMILES string of the molecule is O=C1C=CC(=O)C(/C(=C/[NH2+]Cc2ccccc2)[N+](=O)[O-])=C1. The molecule has 0 amide bonds. The van der Waals surface area contributed by atoms with E-state index in [-0.39, 0.29) is 11.3 Å². The van der Waals surface area contributed by atoms with Gasteiger partial charge in [0.15, 0.2) is 17.8 Å². The molecule has 106 valence electrons. The van der Waals surface area contributed by atoms with Gasteiger partial charge in [-0.15, -0.1) is 0 Å². The highest BCUT2D eigenvalue weighted by molar-refractivity contribution is 6.18. The zero-order valence-electron chi connectivity index (χ0n) is 11.1. The number of benzene rings is 1. The van der Waals surface area contributed by atoms with Crippen LogP contribution in [0, 0.1) is 10.1 Å². The second kappa shape index (κ2) is 6.53. The van der Waals surface area contributed by atoms with Crippen molar-refractivity contribution < 1.29 is 19.8 Å². The van der Waals surface area contributed by atoms with E-state index in [1.165, 1.54) is 6.20 Å². The largest absolute Gasteiger partial charge is 0.332 e. The maximum Gasteiger partial charge on any atom is 0.332 e. The quantitative estimate of drug-likeness (QED) is 0.484. The van der Waals surface area contributed by atoms with E-state index in [9.17, 15) is 19.7 Å². The third-order valence-corrected chi connectivity index (χ3v) is 2.90. The summed E-state index contributed by atoms with van der Waals surface area (Å²) >= 11 is 0. The molecule has 0 heterocycles. The molecule has 21 heavy (non-hydrogen) atoms. The molecule has 0 saturated carbocycles. The van der Waals surface area contributed by atoms with Crippen molar-refractivity contribution in [1.82, 2.24) is 0 Å². The van der Waals surface area contributed by atoms with Crippen LogP contribution >= 0.6 is 0 Å². The smallest absolute Gasteiger partial charge is 0.310 e. The van der Waals surface area contributed by atoms with Gasteiger partial charge in [-0.2, -0.15) is 0 Å². The molecule has 0 atom stereocenters. The van der Waals surface area contributed by atoms with Crippen LogP contribution < -0.4 is 5.32 Å². The van der Waals surface area contributed by atoms with Crippen molar-refractivity contribution in [3.63, 3.8) is 0 Å². The standard InChI is InChI=1S/C15H12N2O4/c18-12-6-7-15(19)13(8-12)14(17(20)21)10-16-9-11-4-2-1-3-5-11/h1-8,10,16H,9H2/p+1/b14-10-. The first kappa shape index (κ1) is 14.5. The van der Waals surface area contributed by atoms with Crippen molar-refractivity contribution in [2.75, 3.05) is 0 Å². The summed E-state index contributed by atoms with van der Waals surface area (Å²) in [6.07, 6.45) is 4.40. The van der Waals surface area contributed by atoms with Gasteiger partial charge in [-0.3, -0.25) is 19.7 Å². The molecular weight excluding hydrogens is 272 g/mol.